The van der Waals surface area contributed by atoms with E-state index in [4.69, 9.17) is 0 Å². The smallest absolute Gasteiger partial charge is 0.0880 e. The minimum atomic E-state index is -0.769. The third-order valence-electron chi connectivity index (χ3n) is 3.11. The lowest BCUT2D eigenvalue weighted by atomic mass is 9.90. The number of nitrogens with one attached hydrogen (secondary N) is 1. The van der Waals surface area contributed by atoms with Crippen molar-refractivity contribution in [3.63, 3.8) is 0 Å². The monoisotopic (exact) mass is 249 g/mol. The minimum Gasteiger partial charge on any atom is -0.385 e. The quantitative estimate of drug-likeness (QED) is 0.858. The predicted octanol–water partition coefficient (Wildman–Crippen LogP) is 3.29. The molecule has 0 radical (unpaired) electrons. The molecule has 0 saturated heterocycles. The summed E-state index contributed by atoms with van der Waals surface area (Å²) in [5.74, 6) is 0. The first-order valence-electron chi connectivity index (χ1n) is 6.66. The van der Waals surface area contributed by atoms with Crippen molar-refractivity contribution in [1.29, 1.82) is 0 Å². The lowest BCUT2D eigenvalue weighted by Crippen LogP contribution is -2.39. The van der Waals surface area contributed by atoms with Crippen LogP contribution in [0.1, 0.15) is 50.8 Å². The van der Waals surface area contributed by atoms with Gasteiger partial charge in [0.05, 0.1) is 5.60 Å². The van der Waals surface area contributed by atoms with E-state index in [2.05, 4.69) is 58.1 Å². The fraction of sp³-hybridized carbons (Fsp3) is 0.625. The molecule has 0 heterocycles. The molecule has 18 heavy (non-hydrogen) atoms. The normalized spacial score (nSPS) is 15.5. The molecule has 1 atom stereocenters. The van der Waals surface area contributed by atoms with E-state index in [0.29, 0.717) is 6.42 Å². The van der Waals surface area contributed by atoms with Gasteiger partial charge >= 0.3 is 0 Å². The summed E-state index contributed by atoms with van der Waals surface area (Å²) in [6.45, 7) is 13.3. The summed E-state index contributed by atoms with van der Waals surface area (Å²) in [7, 11) is 0. The van der Waals surface area contributed by atoms with Gasteiger partial charge in [-0.05, 0) is 60.1 Å². The zero-order chi connectivity index (χ0) is 14.0. The molecule has 0 aliphatic rings. The molecule has 1 aromatic rings. The van der Waals surface area contributed by atoms with Crippen LogP contribution in [0.3, 0.4) is 0 Å². The molecule has 102 valence electrons. The van der Waals surface area contributed by atoms with Crippen molar-refractivity contribution in [3.8, 4) is 0 Å². The summed E-state index contributed by atoms with van der Waals surface area (Å²) in [6.07, 6.45) is 0.715. The van der Waals surface area contributed by atoms with Crippen molar-refractivity contribution in [2.75, 3.05) is 6.54 Å². The van der Waals surface area contributed by atoms with E-state index in [0.717, 1.165) is 12.1 Å². The molecule has 0 bridgehead atoms. The first-order valence-corrected chi connectivity index (χ1v) is 6.66. The number of benzene rings is 1. The Morgan fingerprint density at radius 1 is 1.00 bits per heavy atom. The second-order valence-corrected chi connectivity index (χ2v) is 6.58. The molecule has 2 heteroatoms. The predicted molar refractivity (Wildman–Crippen MR) is 77.9 cm³/mol. The molecule has 2 N–H and O–H groups in total. The van der Waals surface area contributed by atoms with Gasteiger partial charge in [-0.15, -0.1) is 0 Å². The van der Waals surface area contributed by atoms with E-state index in [9.17, 15) is 5.11 Å². The molecule has 0 aliphatic heterocycles. The van der Waals surface area contributed by atoms with Crippen LogP contribution in [0.25, 0.3) is 0 Å². The zero-order valence-corrected chi connectivity index (χ0v) is 12.6. The summed E-state index contributed by atoms with van der Waals surface area (Å²) in [5.41, 5.74) is 2.74. The topological polar surface area (TPSA) is 32.3 Å². The molecular weight excluding hydrogens is 222 g/mol. The lowest BCUT2D eigenvalue weighted by molar-refractivity contribution is 0.0463. The highest BCUT2D eigenvalue weighted by molar-refractivity contribution is 5.32. The van der Waals surface area contributed by atoms with Gasteiger partial charge in [0.25, 0.3) is 0 Å². The summed E-state index contributed by atoms with van der Waals surface area (Å²) in [4.78, 5) is 0. The third-order valence-corrected chi connectivity index (χ3v) is 3.11. The van der Waals surface area contributed by atoms with Crippen molar-refractivity contribution >= 4 is 0 Å². The van der Waals surface area contributed by atoms with Gasteiger partial charge in [0, 0.05) is 5.54 Å². The number of aliphatic hydroxyl groups is 1. The van der Waals surface area contributed by atoms with Crippen LogP contribution in [-0.4, -0.2) is 17.2 Å². The van der Waals surface area contributed by atoms with E-state index in [1.807, 2.05) is 6.92 Å². The standard InChI is InChI=1S/C16H27NO/c1-12-9-13(2)11-14(10-12)16(6,18)7-8-17-15(3,4)5/h9-11,17-18H,7-8H2,1-6H3. The third kappa shape index (κ3) is 4.79. The highest BCUT2D eigenvalue weighted by atomic mass is 16.3. The van der Waals surface area contributed by atoms with Gasteiger partial charge in [0.15, 0.2) is 0 Å². The van der Waals surface area contributed by atoms with E-state index < -0.39 is 5.60 Å². The van der Waals surface area contributed by atoms with Crippen LogP contribution < -0.4 is 5.32 Å². The van der Waals surface area contributed by atoms with Gasteiger partial charge in [-0.1, -0.05) is 29.3 Å². The Morgan fingerprint density at radius 3 is 1.94 bits per heavy atom. The van der Waals surface area contributed by atoms with Gasteiger partial charge in [-0.3, -0.25) is 0 Å². The molecule has 0 spiro atoms. The summed E-state index contributed by atoms with van der Waals surface area (Å²) < 4.78 is 0. The number of hydrogen-bond donors (Lipinski definition) is 2. The maximum absolute atomic E-state index is 10.6. The Balaban J connectivity index is 2.73. The Hall–Kier alpha value is -0.860. The molecule has 0 saturated carbocycles. The fourth-order valence-corrected chi connectivity index (χ4v) is 2.11. The van der Waals surface area contributed by atoms with Crippen molar-refractivity contribution < 1.29 is 5.11 Å². The van der Waals surface area contributed by atoms with Crippen LogP contribution in [0, 0.1) is 13.8 Å². The van der Waals surface area contributed by atoms with Crippen molar-refractivity contribution in [2.24, 2.45) is 0 Å². The lowest BCUT2D eigenvalue weighted by Gasteiger charge is -2.28. The first-order chi connectivity index (χ1) is 8.10. The number of hydrogen-bond acceptors (Lipinski definition) is 2. The Morgan fingerprint density at radius 2 is 1.50 bits per heavy atom. The van der Waals surface area contributed by atoms with E-state index in [1.54, 1.807) is 0 Å². The molecular formula is C16H27NO. The average molecular weight is 249 g/mol. The SMILES string of the molecule is Cc1cc(C)cc(C(C)(O)CCNC(C)(C)C)c1. The highest BCUT2D eigenvalue weighted by Gasteiger charge is 2.23. The largest absolute Gasteiger partial charge is 0.385 e. The zero-order valence-electron chi connectivity index (χ0n) is 12.6. The maximum atomic E-state index is 10.6. The minimum absolute atomic E-state index is 0.0958. The summed E-state index contributed by atoms with van der Waals surface area (Å²) >= 11 is 0. The molecule has 2 nitrogen and oxygen atoms in total. The summed E-state index contributed by atoms with van der Waals surface area (Å²) in [6, 6.07) is 6.28. The average Bonchev–Trinajstić information content (AvgIpc) is 2.13. The van der Waals surface area contributed by atoms with Gasteiger partial charge in [0.2, 0.25) is 0 Å². The molecule has 1 unspecified atom stereocenters. The molecule has 0 aliphatic carbocycles. The van der Waals surface area contributed by atoms with Crippen LogP contribution in [0.4, 0.5) is 0 Å². The molecule has 1 rings (SSSR count). The molecule has 0 amide bonds. The maximum Gasteiger partial charge on any atom is 0.0880 e. The van der Waals surface area contributed by atoms with Gasteiger partial charge in [0.1, 0.15) is 0 Å². The van der Waals surface area contributed by atoms with Crippen molar-refractivity contribution in [2.45, 2.75) is 59.1 Å². The van der Waals surface area contributed by atoms with Gasteiger partial charge in [-0.2, -0.15) is 0 Å². The fourth-order valence-electron chi connectivity index (χ4n) is 2.11. The second-order valence-electron chi connectivity index (χ2n) is 6.58. The van der Waals surface area contributed by atoms with Crippen LogP contribution in [0.15, 0.2) is 18.2 Å². The van der Waals surface area contributed by atoms with Crippen molar-refractivity contribution in [1.82, 2.24) is 5.32 Å². The Kier molecular flexibility index (Phi) is 4.57. The van der Waals surface area contributed by atoms with Crippen LogP contribution in [0.5, 0.6) is 0 Å². The Bertz CT molecular complexity index is 382. The van der Waals surface area contributed by atoms with E-state index in [-0.39, 0.29) is 5.54 Å². The van der Waals surface area contributed by atoms with Gasteiger partial charge in [-0.25, -0.2) is 0 Å². The van der Waals surface area contributed by atoms with E-state index in [1.165, 1.54) is 11.1 Å². The Labute approximate surface area is 111 Å². The van der Waals surface area contributed by atoms with E-state index >= 15 is 0 Å². The molecule has 1 aromatic carbocycles. The number of rotatable bonds is 4. The molecule has 0 aromatic heterocycles. The second kappa shape index (κ2) is 5.41. The summed E-state index contributed by atoms with van der Waals surface area (Å²) in [5, 5.41) is 14.0. The molecule has 0 fully saturated rings. The first kappa shape index (κ1) is 15.2. The highest BCUT2D eigenvalue weighted by Crippen LogP contribution is 2.26. The van der Waals surface area contributed by atoms with Crippen molar-refractivity contribution in [3.05, 3.63) is 34.9 Å². The van der Waals surface area contributed by atoms with Crippen LogP contribution in [0.2, 0.25) is 0 Å². The number of aryl methyl sites for hydroxylation is 2. The van der Waals surface area contributed by atoms with Crippen LogP contribution >= 0.6 is 0 Å². The van der Waals surface area contributed by atoms with Crippen LogP contribution in [-0.2, 0) is 5.60 Å². The van der Waals surface area contributed by atoms with Gasteiger partial charge < -0.3 is 10.4 Å².